The van der Waals surface area contributed by atoms with Gasteiger partial charge in [-0.15, -0.1) is 0 Å². The molecule has 16 heavy (non-hydrogen) atoms. The van der Waals surface area contributed by atoms with Crippen LogP contribution in [0.3, 0.4) is 0 Å². The molecule has 1 aromatic carbocycles. The Morgan fingerprint density at radius 1 is 0.812 bits per heavy atom. The zero-order valence-electron chi connectivity index (χ0n) is 11.6. The molecule has 0 N–H and O–H groups in total. The van der Waals surface area contributed by atoms with Crippen LogP contribution in [0.2, 0.25) is 0 Å². The minimum absolute atomic E-state index is 0.153. The highest BCUT2D eigenvalue weighted by molar-refractivity contribution is 5.69. The Balaban J connectivity index is 3.48. The molecular weight excluding hydrogens is 196 g/mol. The quantitative estimate of drug-likeness (QED) is 0.755. The Morgan fingerprint density at radius 3 is 1.44 bits per heavy atom. The van der Waals surface area contributed by atoms with Gasteiger partial charge in [0.2, 0.25) is 0 Å². The maximum atomic E-state index is 2.27. The molecule has 0 fully saturated rings. The molecule has 0 aliphatic heterocycles. The molecule has 0 spiro atoms. The second kappa shape index (κ2) is 4.36. The van der Waals surface area contributed by atoms with Gasteiger partial charge in [-0.25, -0.2) is 0 Å². The third-order valence-electron chi connectivity index (χ3n) is 2.73. The Labute approximate surface area is 99.9 Å². The van der Waals surface area contributed by atoms with E-state index in [2.05, 4.69) is 77.0 Å². The van der Waals surface area contributed by atoms with Gasteiger partial charge in [0.1, 0.15) is 0 Å². The minimum atomic E-state index is 0.153. The summed E-state index contributed by atoms with van der Waals surface area (Å²) in [5.41, 5.74) is 4.17. The Kier molecular flexibility index (Phi) is 3.51. The molecule has 0 aliphatic carbocycles. The molecule has 0 radical (unpaired) electrons. The van der Waals surface area contributed by atoms with E-state index in [0.29, 0.717) is 0 Å². The number of hydrogen-bond donors (Lipinski definition) is 0. The average Bonchev–Trinajstić information content (AvgIpc) is 2.15. The third-order valence-corrected chi connectivity index (χ3v) is 2.73. The van der Waals surface area contributed by atoms with Gasteiger partial charge in [0, 0.05) is 45.1 Å². The van der Waals surface area contributed by atoms with Crippen molar-refractivity contribution in [3.8, 4) is 0 Å². The van der Waals surface area contributed by atoms with Crippen molar-refractivity contribution in [1.29, 1.82) is 0 Å². The first-order valence-electron chi connectivity index (χ1n) is 5.73. The van der Waals surface area contributed by atoms with Crippen molar-refractivity contribution in [3.05, 3.63) is 23.8 Å². The second-order valence-electron chi connectivity index (χ2n) is 5.71. The van der Waals surface area contributed by atoms with E-state index in [-0.39, 0.29) is 5.41 Å². The number of anilines is 2. The topological polar surface area (TPSA) is 6.48 Å². The van der Waals surface area contributed by atoms with E-state index in [1.54, 1.807) is 0 Å². The standard InChI is InChI=1S/C14H24N2/c1-14(2,3)13-11(15(4)5)9-8-10-12(13)16(6)7/h8-10H,1-7H3. The summed E-state index contributed by atoms with van der Waals surface area (Å²) in [7, 11) is 8.40. The molecule has 0 unspecified atom stereocenters. The molecule has 0 amide bonds. The Morgan fingerprint density at radius 2 is 1.19 bits per heavy atom. The van der Waals surface area contributed by atoms with Crippen LogP contribution in [0.5, 0.6) is 0 Å². The van der Waals surface area contributed by atoms with Crippen LogP contribution in [0, 0.1) is 0 Å². The first-order valence-corrected chi connectivity index (χ1v) is 5.73. The summed E-state index contributed by atoms with van der Waals surface area (Å²) in [4.78, 5) is 4.38. The van der Waals surface area contributed by atoms with E-state index in [0.717, 1.165) is 0 Å². The van der Waals surface area contributed by atoms with Crippen molar-refractivity contribution in [2.75, 3.05) is 38.0 Å². The molecule has 0 saturated carbocycles. The fourth-order valence-corrected chi connectivity index (χ4v) is 2.04. The molecular formula is C14H24N2. The van der Waals surface area contributed by atoms with Crippen LogP contribution in [0.4, 0.5) is 11.4 Å². The summed E-state index contributed by atoms with van der Waals surface area (Å²) >= 11 is 0. The Bertz CT molecular complexity index is 333. The minimum Gasteiger partial charge on any atom is -0.377 e. The van der Waals surface area contributed by atoms with Crippen LogP contribution >= 0.6 is 0 Å². The summed E-state index contributed by atoms with van der Waals surface area (Å²) in [6, 6.07) is 6.50. The zero-order chi connectivity index (χ0) is 12.5. The lowest BCUT2D eigenvalue weighted by Gasteiger charge is -2.31. The monoisotopic (exact) mass is 220 g/mol. The summed E-state index contributed by atoms with van der Waals surface area (Å²) in [6.45, 7) is 6.80. The zero-order valence-corrected chi connectivity index (χ0v) is 11.6. The van der Waals surface area contributed by atoms with Gasteiger partial charge in [0.05, 0.1) is 0 Å². The number of benzene rings is 1. The highest BCUT2D eigenvalue weighted by atomic mass is 15.1. The van der Waals surface area contributed by atoms with E-state index >= 15 is 0 Å². The van der Waals surface area contributed by atoms with Crippen LogP contribution < -0.4 is 9.80 Å². The molecule has 90 valence electrons. The number of nitrogens with zero attached hydrogens (tertiary/aromatic N) is 2. The van der Waals surface area contributed by atoms with Crippen LogP contribution in [0.25, 0.3) is 0 Å². The van der Waals surface area contributed by atoms with Crippen molar-refractivity contribution in [1.82, 2.24) is 0 Å². The molecule has 0 saturated heterocycles. The third kappa shape index (κ3) is 2.49. The van der Waals surface area contributed by atoms with E-state index in [9.17, 15) is 0 Å². The van der Waals surface area contributed by atoms with Gasteiger partial charge in [-0.1, -0.05) is 26.8 Å². The predicted molar refractivity (Wildman–Crippen MR) is 73.8 cm³/mol. The summed E-state index contributed by atoms with van der Waals surface area (Å²) < 4.78 is 0. The summed E-state index contributed by atoms with van der Waals surface area (Å²) in [5.74, 6) is 0. The highest BCUT2D eigenvalue weighted by Gasteiger charge is 2.23. The fourth-order valence-electron chi connectivity index (χ4n) is 2.04. The number of hydrogen-bond acceptors (Lipinski definition) is 2. The van der Waals surface area contributed by atoms with Crippen LogP contribution in [0.1, 0.15) is 26.3 Å². The SMILES string of the molecule is CN(C)c1cccc(N(C)C)c1C(C)(C)C. The van der Waals surface area contributed by atoms with Crippen LogP contribution in [-0.2, 0) is 5.41 Å². The molecule has 2 heteroatoms. The predicted octanol–water partition coefficient (Wildman–Crippen LogP) is 3.12. The van der Waals surface area contributed by atoms with Gasteiger partial charge in [-0.2, -0.15) is 0 Å². The van der Waals surface area contributed by atoms with Gasteiger partial charge in [0.15, 0.2) is 0 Å². The molecule has 0 aromatic heterocycles. The lowest BCUT2D eigenvalue weighted by Crippen LogP contribution is -2.23. The van der Waals surface area contributed by atoms with E-state index < -0.39 is 0 Å². The van der Waals surface area contributed by atoms with Gasteiger partial charge in [-0.05, 0) is 17.5 Å². The summed E-state index contributed by atoms with van der Waals surface area (Å²) in [5, 5.41) is 0. The lowest BCUT2D eigenvalue weighted by atomic mass is 9.84. The molecule has 0 bridgehead atoms. The van der Waals surface area contributed by atoms with Crippen LogP contribution in [0.15, 0.2) is 18.2 Å². The smallest absolute Gasteiger partial charge is 0.0419 e. The molecule has 2 nitrogen and oxygen atoms in total. The van der Waals surface area contributed by atoms with Gasteiger partial charge >= 0.3 is 0 Å². The van der Waals surface area contributed by atoms with Crippen molar-refractivity contribution < 1.29 is 0 Å². The van der Waals surface area contributed by atoms with E-state index in [1.807, 2.05) is 0 Å². The van der Waals surface area contributed by atoms with Crippen molar-refractivity contribution in [3.63, 3.8) is 0 Å². The van der Waals surface area contributed by atoms with Gasteiger partial charge < -0.3 is 9.80 Å². The molecule has 1 aromatic rings. The summed E-state index contributed by atoms with van der Waals surface area (Å²) in [6.07, 6.45) is 0. The first kappa shape index (κ1) is 12.9. The van der Waals surface area contributed by atoms with Crippen LogP contribution in [-0.4, -0.2) is 28.2 Å². The largest absolute Gasteiger partial charge is 0.377 e. The van der Waals surface area contributed by atoms with Gasteiger partial charge in [0.25, 0.3) is 0 Å². The number of rotatable bonds is 2. The maximum Gasteiger partial charge on any atom is 0.0419 e. The first-order chi connectivity index (χ1) is 7.25. The molecule has 1 rings (SSSR count). The fraction of sp³-hybridized carbons (Fsp3) is 0.571. The molecule has 0 aliphatic rings. The molecule has 0 atom stereocenters. The average molecular weight is 220 g/mol. The van der Waals surface area contributed by atoms with Crippen molar-refractivity contribution in [2.24, 2.45) is 0 Å². The van der Waals surface area contributed by atoms with Crippen molar-refractivity contribution in [2.45, 2.75) is 26.2 Å². The molecule has 0 heterocycles. The van der Waals surface area contributed by atoms with E-state index in [4.69, 9.17) is 0 Å². The van der Waals surface area contributed by atoms with Gasteiger partial charge in [-0.3, -0.25) is 0 Å². The Hall–Kier alpha value is -1.18. The van der Waals surface area contributed by atoms with Crippen molar-refractivity contribution >= 4 is 11.4 Å². The highest BCUT2D eigenvalue weighted by Crippen LogP contribution is 2.38. The maximum absolute atomic E-state index is 2.27. The van der Waals surface area contributed by atoms with E-state index in [1.165, 1.54) is 16.9 Å². The normalized spacial score (nSPS) is 11.4. The lowest BCUT2D eigenvalue weighted by molar-refractivity contribution is 0.589. The second-order valence-corrected chi connectivity index (χ2v) is 5.71.